The number of urea groups is 1. The van der Waals surface area contributed by atoms with E-state index < -0.39 is 23.9 Å². The zero-order valence-electron chi connectivity index (χ0n) is 14.1. The van der Waals surface area contributed by atoms with E-state index in [9.17, 15) is 14.4 Å². The third-order valence-electron chi connectivity index (χ3n) is 3.47. The maximum absolute atomic E-state index is 11.6. The van der Waals surface area contributed by atoms with E-state index in [4.69, 9.17) is 16.2 Å². The summed E-state index contributed by atoms with van der Waals surface area (Å²) in [6.45, 7) is 6.73. The normalized spacial score (nSPS) is 10.3. The molecule has 8 nitrogen and oxygen atoms in total. The van der Waals surface area contributed by atoms with Crippen LogP contribution >= 0.6 is 0 Å². The summed E-state index contributed by atoms with van der Waals surface area (Å²) in [7, 11) is 0. The summed E-state index contributed by atoms with van der Waals surface area (Å²) in [4.78, 5) is 33.5. The predicted octanol–water partition coefficient (Wildman–Crippen LogP) is 0.0192. The summed E-state index contributed by atoms with van der Waals surface area (Å²) in [6, 6.07) is 1.83. The van der Waals surface area contributed by atoms with Gasteiger partial charge in [0.05, 0.1) is 6.61 Å². The van der Waals surface area contributed by atoms with Crippen molar-refractivity contribution < 1.29 is 19.1 Å². The summed E-state index contributed by atoms with van der Waals surface area (Å²) in [5.74, 6) is -1.20. The number of ether oxygens (including phenoxy) is 1. The van der Waals surface area contributed by atoms with E-state index in [1.54, 1.807) is 0 Å². The minimum atomic E-state index is -1.53. The molecule has 0 unspecified atom stereocenters. The van der Waals surface area contributed by atoms with Crippen LogP contribution in [0.25, 0.3) is 0 Å². The molecular weight excluding hydrogens is 312 g/mol. The second kappa shape index (κ2) is 8.76. The molecule has 132 valence electrons. The van der Waals surface area contributed by atoms with Crippen molar-refractivity contribution in [1.29, 1.82) is 0 Å². The standard InChI is InChI=1S/C16H24N4O4/c1-9-7-10(2)11(3)12(8-9)24-6-4-5-19-16(23)20-13(14(17)21)15(18)22/h7-8,13H,4-6H2,1-3H3,(H2,17,21)(H2,18,22)(H2,19,20,23). The van der Waals surface area contributed by atoms with Crippen molar-refractivity contribution in [3.8, 4) is 5.75 Å². The van der Waals surface area contributed by atoms with E-state index in [0.717, 1.165) is 22.4 Å². The average Bonchev–Trinajstić information content (AvgIpc) is 2.48. The first-order valence-corrected chi connectivity index (χ1v) is 7.56. The molecule has 0 aromatic heterocycles. The smallest absolute Gasteiger partial charge is 0.315 e. The lowest BCUT2D eigenvalue weighted by Crippen LogP contribution is -2.55. The van der Waals surface area contributed by atoms with Crippen molar-refractivity contribution in [2.75, 3.05) is 13.2 Å². The molecule has 0 bridgehead atoms. The first-order valence-electron chi connectivity index (χ1n) is 7.56. The molecule has 0 atom stereocenters. The largest absolute Gasteiger partial charge is 0.493 e. The van der Waals surface area contributed by atoms with Gasteiger partial charge in [-0.05, 0) is 49.9 Å². The number of carbonyl (C=O) groups is 3. The van der Waals surface area contributed by atoms with Gasteiger partial charge in [-0.15, -0.1) is 0 Å². The van der Waals surface area contributed by atoms with Crippen LogP contribution in [0.3, 0.4) is 0 Å². The van der Waals surface area contributed by atoms with E-state index >= 15 is 0 Å². The van der Waals surface area contributed by atoms with Crippen molar-refractivity contribution in [2.24, 2.45) is 11.5 Å². The molecule has 1 rings (SSSR count). The Hall–Kier alpha value is -2.77. The van der Waals surface area contributed by atoms with Crippen LogP contribution in [0.2, 0.25) is 0 Å². The molecule has 6 N–H and O–H groups in total. The molecule has 8 heteroatoms. The van der Waals surface area contributed by atoms with Gasteiger partial charge in [0.25, 0.3) is 0 Å². The van der Waals surface area contributed by atoms with Crippen LogP contribution in [0.1, 0.15) is 23.1 Å². The Kier molecular flexibility index (Phi) is 7.03. The van der Waals surface area contributed by atoms with Gasteiger partial charge in [0, 0.05) is 6.54 Å². The maximum atomic E-state index is 11.6. The number of nitrogens with one attached hydrogen (secondary N) is 2. The number of carbonyl (C=O) groups excluding carboxylic acids is 3. The van der Waals surface area contributed by atoms with Crippen LogP contribution in [-0.2, 0) is 9.59 Å². The Morgan fingerprint density at radius 1 is 1.12 bits per heavy atom. The molecule has 0 saturated heterocycles. The van der Waals surface area contributed by atoms with E-state index in [2.05, 4.69) is 16.7 Å². The van der Waals surface area contributed by atoms with Crippen LogP contribution < -0.4 is 26.8 Å². The number of benzene rings is 1. The quantitative estimate of drug-likeness (QED) is 0.393. The van der Waals surface area contributed by atoms with Gasteiger partial charge in [-0.2, -0.15) is 0 Å². The van der Waals surface area contributed by atoms with Gasteiger partial charge in [-0.1, -0.05) is 6.07 Å². The van der Waals surface area contributed by atoms with Gasteiger partial charge >= 0.3 is 6.03 Å². The van der Waals surface area contributed by atoms with Crippen LogP contribution in [0.5, 0.6) is 5.75 Å². The van der Waals surface area contributed by atoms with E-state index in [0.29, 0.717) is 19.6 Å². The number of aryl methyl sites for hydroxylation is 2. The Balaban J connectivity index is 2.35. The topological polar surface area (TPSA) is 137 Å². The minimum absolute atomic E-state index is 0.305. The van der Waals surface area contributed by atoms with Gasteiger partial charge in [-0.3, -0.25) is 9.59 Å². The third-order valence-corrected chi connectivity index (χ3v) is 3.47. The van der Waals surface area contributed by atoms with E-state index in [-0.39, 0.29) is 0 Å². The van der Waals surface area contributed by atoms with Crippen molar-refractivity contribution in [3.05, 3.63) is 28.8 Å². The number of amides is 4. The average molecular weight is 336 g/mol. The summed E-state index contributed by atoms with van der Waals surface area (Å²) < 4.78 is 5.72. The maximum Gasteiger partial charge on any atom is 0.315 e. The lowest BCUT2D eigenvalue weighted by atomic mass is 10.1. The Bertz CT molecular complexity index is 617. The second-order valence-corrected chi connectivity index (χ2v) is 5.54. The molecule has 0 aliphatic carbocycles. The zero-order valence-corrected chi connectivity index (χ0v) is 14.1. The monoisotopic (exact) mass is 336 g/mol. The molecule has 1 aromatic carbocycles. The molecule has 0 saturated carbocycles. The molecule has 0 aliphatic heterocycles. The molecule has 1 aromatic rings. The third kappa shape index (κ3) is 5.79. The highest BCUT2D eigenvalue weighted by atomic mass is 16.5. The van der Waals surface area contributed by atoms with Crippen LogP contribution in [0.4, 0.5) is 4.79 Å². The first kappa shape index (κ1) is 19.3. The Morgan fingerprint density at radius 2 is 1.75 bits per heavy atom. The number of primary amides is 2. The molecule has 0 aliphatic rings. The molecule has 0 heterocycles. The molecular formula is C16H24N4O4. The number of hydrogen-bond acceptors (Lipinski definition) is 4. The fraction of sp³-hybridized carbons (Fsp3) is 0.438. The van der Waals surface area contributed by atoms with Crippen molar-refractivity contribution in [3.63, 3.8) is 0 Å². The fourth-order valence-corrected chi connectivity index (χ4v) is 2.07. The van der Waals surface area contributed by atoms with Crippen LogP contribution in [-0.4, -0.2) is 37.0 Å². The van der Waals surface area contributed by atoms with Crippen molar-refractivity contribution in [2.45, 2.75) is 33.2 Å². The lowest BCUT2D eigenvalue weighted by Gasteiger charge is -2.14. The van der Waals surface area contributed by atoms with Crippen molar-refractivity contribution in [1.82, 2.24) is 10.6 Å². The molecule has 4 amide bonds. The van der Waals surface area contributed by atoms with Gasteiger partial charge in [0.15, 0.2) is 6.04 Å². The lowest BCUT2D eigenvalue weighted by molar-refractivity contribution is -0.128. The SMILES string of the molecule is Cc1cc(C)c(C)c(OCCCNC(=O)NC(C(N)=O)C(N)=O)c1. The summed E-state index contributed by atoms with van der Waals surface area (Å²) in [5, 5.41) is 4.61. The predicted molar refractivity (Wildman–Crippen MR) is 89.5 cm³/mol. The number of nitrogens with two attached hydrogens (primary N) is 2. The fourth-order valence-electron chi connectivity index (χ4n) is 2.07. The minimum Gasteiger partial charge on any atom is -0.493 e. The molecule has 0 fully saturated rings. The van der Waals surface area contributed by atoms with Gasteiger partial charge < -0.3 is 26.8 Å². The molecule has 0 spiro atoms. The summed E-state index contributed by atoms with van der Waals surface area (Å²) >= 11 is 0. The van der Waals surface area contributed by atoms with Gasteiger partial charge in [-0.25, -0.2) is 4.79 Å². The van der Waals surface area contributed by atoms with Crippen LogP contribution in [0.15, 0.2) is 12.1 Å². The van der Waals surface area contributed by atoms with E-state index in [1.165, 1.54) is 0 Å². The highest BCUT2D eigenvalue weighted by Crippen LogP contribution is 2.23. The molecule has 0 radical (unpaired) electrons. The molecule has 24 heavy (non-hydrogen) atoms. The Labute approximate surface area is 140 Å². The second-order valence-electron chi connectivity index (χ2n) is 5.54. The highest BCUT2D eigenvalue weighted by molar-refractivity contribution is 6.05. The number of hydrogen-bond donors (Lipinski definition) is 4. The van der Waals surface area contributed by atoms with E-state index in [1.807, 2.05) is 26.8 Å². The Morgan fingerprint density at radius 3 is 2.33 bits per heavy atom. The van der Waals surface area contributed by atoms with Gasteiger partial charge in [0.2, 0.25) is 11.8 Å². The van der Waals surface area contributed by atoms with Crippen LogP contribution in [0, 0.1) is 20.8 Å². The van der Waals surface area contributed by atoms with Crippen molar-refractivity contribution >= 4 is 17.8 Å². The zero-order chi connectivity index (χ0) is 18.3. The van der Waals surface area contributed by atoms with Gasteiger partial charge in [0.1, 0.15) is 5.75 Å². The highest BCUT2D eigenvalue weighted by Gasteiger charge is 2.23. The first-order chi connectivity index (χ1) is 11.2. The summed E-state index contributed by atoms with van der Waals surface area (Å²) in [6.07, 6.45) is 0.553. The summed E-state index contributed by atoms with van der Waals surface area (Å²) in [5.41, 5.74) is 13.3. The number of rotatable bonds is 8.